The first kappa shape index (κ1) is 20.3. The van der Waals surface area contributed by atoms with Crippen molar-refractivity contribution in [3.8, 4) is 0 Å². The van der Waals surface area contributed by atoms with Gasteiger partial charge in [0.2, 0.25) is 0 Å². The fourth-order valence-electron chi connectivity index (χ4n) is 3.80. The lowest BCUT2D eigenvalue weighted by Crippen LogP contribution is -2.45. The average molecular weight is 425 g/mol. The Kier molecular flexibility index (Phi) is 6.23. The number of amides is 2. The highest BCUT2D eigenvalue weighted by Gasteiger charge is 2.36. The zero-order chi connectivity index (χ0) is 20.9. The fourth-order valence-corrected chi connectivity index (χ4v) is 4.23. The van der Waals surface area contributed by atoms with Crippen molar-refractivity contribution in [2.45, 2.75) is 51.2 Å². The molecular weight excluding hydrogens is 400 g/mol. The number of aryl methyl sites for hydroxylation is 1. The number of hydrogen-bond acceptors (Lipinski definition) is 6. The van der Waals surface area contributed by atoms with E-state index in [1.165, 1.54) is 11.2 Å². The molecule has 0 radical (unpaired) electrons. The van der Waals surface area contributed by atoms with E-state index in [-0.39, 0.29) is 30.1 Å². The molecule has 3 aromatic rings. The summed E-state index contributed by atoms with van der Waals surface area (Å²) in [6, 6.07) is 10.6. The molecule has 8 heteroatoms. The van der Waals surface area contributed by atoms with Gasteiger partial charge in [-0.2, -0.15) is 0 Å². The average Bonchev–Trinajstić information content (AvgIpc) is 3.52. The molecule has 1 fully saturated rings. The lowest BCUT2D eigenvalue weighted by atomic mass is 10.1. The molecule has 1 saturated carbocycles. The van der Waals surface area contributed by atoms with Crippen LogP contribution in [0.3, 0.4) is 0 Å². The quantitative estimate of drug-likeness (QED) is 0.622. The lowest BCUT2D eigenvalue weighted by Gasteiger charge is -2.30. The second-order valence-corrected chi connectivity index (χ2v) is 8.23. The van der Waals surface area contributed by atoms with Crippen molar-refractivity contribution in [3.63, 3.8) is 0 Å². The Bertz CT molecular complexity index is 965. The summed E-state index contributed by atoms with van der Waals surface area (Å²) in [6.45, 7) is 2.26. The molecule has 0 spiro atoms. The van der Waals surface area contributed by atoms with E-state index in [4.69, 9.17) is 4.42 Å². The summed E-state index contributed by atoms with van der Waals surface area (Å²) in [5.41, 5.74) is 2.27. The van der Waals surface area contributed by atoms with Gasteiger partial charge >= 0.3 is 0 Å². The van der Waals surface area contributed by atoms with Gasteiger partial charge in [-0.15, -0.1) is 5.10 Å². The molecule has 0 aliphatic heterocycles. The van der Waals surface area contributed by atoms with Crippen LogP contribution in [0.2, 0.25) is 0 Å². The maximum Gasteiger partial charge on any atom is 0.276 e. The molecule has 1 atom stereocenters. The van der Waals surface area contributed by atoms with Gasteiger partial charge in [0.1, 0.15) is 5.76 Å². The number of rotatable bonds is 7. The molecule has 2 aromatic heterocycles. The van der Waals surface area contributed by atoms with Crippen molar-refractivity contribution in [1.82, 2.24) is 19.8 Å². The second kappa shape index (κ2) is 9.21. The Balaban J connectivity index is 1.68. The number of furan rings is 1. The zero-order valence-corrected chi connectivity index (χ0v) is 17.6. The lowest BCUT2D eigenvalue weighted by molar-refractivity contribution is -0.127. The smallest absolute Gasteiger partial charge is 0.276 e. The summed E-state index contributed by atoms with van der Waals surface area (Å²) in [7, 11) is 0. The van der Waals surface area contributed by atoms with Crippen molar-refractivity contribution in [2.75, 3.05) is 0 Å². The Labute approximate surface area is 179 Å². The van der Waals surface area contributed by atoms with E-state index in [2.05, 4.69) is 14.9 Å². The minimum atomic E-state index is -0.892. The third-order valence-corrected chi connectivity index (χ3v) is 5.89. The second-order valence-electron chi connectivity index (χ2n) is 7.62. The van der Waals surface area contributed by atoms with Gasteiger partial charge < -0.3 is 14.6 Å². The Morgan fingerprint density at radius 1 is 1.23 bits per heavy atom. The van der Waals surface area contributed by atoms with Gasteiger partial charge in [0.05, 0.1) is 6.26 Å². The summed E-state index contributed by atoms with van der Waals surface area (Å²) < 4.78 is 9.41. The predicted molar refractivity (Wildman–Crippen MR) is 113 cm³/mol. The highest BCUT2D eigenvalue weighted by Crippen LogP contribution is 2.27. The summed E-state index contributed by atoms with van der Waals surface area (Å²) in [4.78, 5) is 28.2. The summed E-state index contributed by atoms with van der Waals surface area (Å²) in [6.07, 6.45) is 5.64. The molecule has 7 nitrogen and oxygen atoms in total. The maximum atomic E-state index is 13.4. The highest BCUT2D eigenvalue weighted by atomic mass is 32.1. The molecule has 30 heavy (non-hydrogen) atoms. The number of nitrogens with one attached hydrogen (secondary N) is 1. The number of carbonyl (C=O) groups is 2. The minimum Gasteiger partial charge on any atom is -0.467 e. The largest absolute Gasteiger partial charge is 0.467 e. The normalized spacial score (nSPS) is 15.1. The van der Waals surface area contributed by atoms with Crippen molar-refractivity contribution in [2.24, 2.45) is 0 Å². The van der Waals surface area contributed by atoms with Gasteiger partial charge in [-0.3, -0.25) is 9.59 Å². The Hall–Kier alpha value is -3.00. The molecule has 4 rings (SSSR count). The van der Waals surface area contributed by atoms with Crippen LogP contribution in [0.1, 0.15) is 59.1 Å². The van der Waals surface area contributed by atoms with E-state index in [9.17, 15) is 9.59 Å². The van der Waals surface area contributed by atoms with Crippen LogP contribution in [0.25, 0.3) is 0 Å². The van der Waals surface area contributed by atoms with Crippen molar-refractivity contribution in [3.05, 3.63) is 70.6 Å². The van der Waals surface area contributed by atoms with E-state index in [1.807, 2.05) is 31.2 Å². The van der Waals surface area contributed by atoms with Crippen molar-refractivity contribution < 1.29 is 14.0 Å². The summed E-state index contributed by atoms with van der Waals surface area (Å²) >= 11 is 1.10. The molecule has 0 bridgehead atoms. The molecule has 0 unspecified atom stereocenters. The number of hydrogen-bond donors (Lipinski definition) is 1. The SMILES string of the molecule is Cc1ccc(CN(C(=O)c2csnn2)[C@@H](C(=O)NC2CCCC2)c2ccco2)cc1. The topological polar surface area (TPSA) is 88.3 Å². The molecular formula is C22H24N4O3S. The van der Waals surface area contributed by atoms with Gasteiger partial charge in [0, 0.05) is 18.0 Å². The van der Waals surface area contributed by atoms with E-state index in [0.717, 1.165) is 48.3 Å². The zero-order valence-electron chi connectivity index (χ0n) is 16.8. The molecule has 0 saturated heterocycles. The number of nitrogens with zero attached hydrogens (tertiary/aromatic N) is 3. The molecule has 1 N–H and O–H groups in total. The van der Waals surface area contributed by atoms with Gasteiger partial charge in [-0.1, -0.05) is 47.2 Å². The number of aromatic nitrogens is 2. The first-order valence-electron chi connectivity index (χ1n) is 10.1. The first-order valence-corrected chi connectivity index (χ1v) is 10.9. The number of carbonyl (C=O) groups excluding carboxylic acids is 2. The highest BCUT2D eigenvalue weighted by molar-refractivity contribution is 7.03. The third kappa shape index (κ3) is 4.59. The standard InChI is InChI=1S/C22H24N4O3S/c1-15-8-10-16(11-9-15)13-26(22(28)18-14-30-25-24-18)20(19-7-4-12-29-19)21(27)23-17-5-2-3-6-17/h4,7-12,14,17,20H,2-3,5-6,13H2,1H3,(H,23,27)/t20-/m1/s1. The number of benzene rings is 1. The summed E-state index contributed by atoms with van der Waals surface area (Å²) in [5.74, 6) is -0.165. The van der Waals surface area contributed by atoms with Crippen LogP contribution < -0.4 is 5.32 Å². The Morgan fingerprint density at radius 3 is 2.63 bits per heavy atom. The molecule has 2 amide bonds. The van der Waals surface area contributed by atoms with Gasteiger partial charge in [-0.25, -0.2) is 0 Å². The molecule has 2 heterocycles. The van der Waals surface area contributed by atoms with Crippen molar-refractivity contribution >= 4 is 23.3 Å². The third-order valence-electron chi connectivity index (χ3n) is 5.39. The van der Waals surface area contributed by atoms with Crippen molar-refractivity contribution in [1.29, 1.82) is 0 Å². The summed E-state index contributed by atoms with van der Waals surface area (Å²) in [5, 5.41) is 8.65. The van der Waals surface area contributed by atoms with Crippen LogP contribution in [-0.4, -0.2) is 32.3 Å². The van der Waals surface area contributed by atoms with Gasteiger partial charge in [-0.05, 0) is 49.0 Å². The van der Waals surface area contributed by atoms with E-state index in [1.54, 1.807) is 17.5 Å². The maximum absolute atomic E-state index is 13.4. The predicted octanol–water partition coefficient (Wildman–Crippen LogP) is 3.88. The molecule has 1 aliphatic carbocycles. The fraction of sp³-hybridized carbons (Fsp3) is 0.364. The van der Waals surface area contributed by atoms with Crippen LogP contribution in [-0.2, 0) is 11.3 Å². The van der Waals surface area contributed by atoms with Crippen LogP contribution in [0.5, 0.6) is 0 Å². The van der Waals surface area contributed by atoms with Crippen LogP contribution in [0.4, 0.5) is 0 Å². The molecule has 1 aromatic carbocycles. The van der Waals surface area contributed by atoms with E-state index < -0.39 is 6.04 Å². The van der Waals surface area contributed by atoms with Gasteiger partial charge in [0.15, 0.2) is 11.7 Å². The van der Waals surface area contributed by atoms with Crippen LogP contribution in [0, 0.1) is 6.92 Å². The monoisotopic (exact) mass is 424 g/mol. The molecule has 1 aliphatic rings. The van der Waals surface area contributed by atoms with Crippen LogP contribution in [0.15, 0.2) is 52.5 Å². The molecule has 156 valence electrons. The minimum absolute atomic E-state index is 0.132. The van der Waals surface area contributed by atoms with E-state index in [0.29, 0.717) is 5.76 Å². The first-order chi connectivity index (χ1) is 14.6. The Morgan fingerprint density at radius 2 is 2.00 bits per heavy atom. The van der Waals surface area contributed by atoms with Gasteiger partial charge in [0.25, 0.3) is 11.8 Å². The van der Waals surface area contributed by atoms with Crippen LogP contribution >= 0.6 is 11.5 Å². The van der Waals surface area contributed by atoms with E-state index >= 15 is 0 Å².